The Balaban J connectivity index is 2.46. The first-order chi connectivity index (χ1) is 9.14. The molecule has 0 amide bonds. The van der Waals surface area contributed by atoms with Crippen molar-refractivity contribution in [2.45, 2.75) is 85.3 Å². The lowest BCUT2D eigenvalue weighted by Crippen LogP contribution is -2.63. The zero-order chi connectivity index (χ0) is 14.3. The van der Waals surface area contributed by atoms with Gasteiger partial charge >= 0.3 is 0 Å². The maximum absolute atomic E-state index is 6.26. The lowest BCUT2D eigenvalue weighted by Gasteiger charge is -2.56. The quantitative estimate of drug-likeness (QED) is 0.635. The normalized spacial score (nSPS) is 27.0. The molecule has 1 N–H and O–H groups in total. The van der Waals surface area contributed by atoms with Crippen LogP contribution in [0.15, 0.2) is 0 Å². The minimum atomic E-state index is 0.390. The minimum Gasteiger partial charge on any atom is -0.377 e. The topological polar surface area (TPSA) is 21.3 Å². The van der Waals surface area contributed by atoms with Gasteiger partial charge in [-0.2, -0.15) is 0 Å². The van der Waals surface area contributed by atoms with Gasteiger partial charge in [0, 0.05) is 18.1 Å². The molecule has 2 heteroatoms. The van der Waals surface area contributed by atoms with E-state index in [4.69, 9.17) is 4.74 Å². The molecule has 2 nitrogen and oxygen atoms in total. The van der Waals surface area contributed by atoms with E-state index in [-0.39, 0.29) is 0 Å². The molecule has 0 heterocycles. The van der Waals surface area contributed by atoms with Crippen LogP contribution >= 0.6 is 0 Å². The molecule has 1 rings (SSSR count). The van der Waals surface area contributed by atoms with Crippen molar-refractivity contribution in [3.8, 4) is 0 Å². The Hall–Kier alpha value is -0.0800. The summed E-state index contributed by atoms with van der Waals surface area (Å²) in [6.45, 7) is 13.6. The number of nitrogens with one attached hydrogen (secondary N) is 1. The van der Waals surface area contributed by atoms with Gasteiger partial charge in [0.15, 0.2) is 0 Å². The van der Waals surface area contributed by atoms with Gasteiger partial charge in [0.1, 0.15) is 0 Å². The van der Waals surface area contributed by atoms with Crippen LogP contribution in [-0.4, -0.2) is 25.3 Å². The summed E-state index contributed by atoms with van der Waals surface area (Å²) in [5.74, 6) is 0.707. The van der Waals surface area contributed by atoms with Crippen LogP contribution in [0.4, 0.5) is 0 Å². The highest BCUT2D eigenvalue weighted by Gasteiger charge is 2.52. The second-order valence-electron chi connectivity index (χ2n) is 6.40. The van der Waals surface area contributed by atoms with Crippen LogP contribution in [0.2, 0.25) is 0 Å². The fourth-order valence-corrected chi connectivity index (χ4v) is 3.64. The highest BCUT2D eigenvalue weighted by atomic mass is 16.5. The Morgan fingerprint density at radius 1 is 1.16 bits per heavy atom. The Kier molecular flexibility index (Phi) is 7.38. The van der Waals surface area contributed by atoms with Crippen molar-refractivity contribution < 1.29 is 4.74 Å². The molecule has 114 valence electrons. The Morgan fingerprint density at radius 2 is 1.84 bits per heavy atom. The van der Waals surface area contributed by atoms with Crippen molar-refractivity contribution in [3.63, 3.8) is 0 Å². The van der Waals surface area contributed by atoms with E-state index in [1.807, 2.05) is 0 Å². The fourth-order valence-electron chi connectivity index (χ4n) is 3.64. The number of hydrogen-bond acceptors (Lipinski definition) is 2. The lowest BCUT2D eigenvalue weighted by atomic mass is 9.58. The van der Waals surface area contributed by atoms with E-state index >= 15 is 0 Å². The van der Waals surface area contributed by atoms with Gasteiger partial charge in [-0.1, -0.05) is 41.0 Å². The molecular formula is C17H35NO. The molecule has 19 heavy (non-hydrogen) atoms. The van der Waals surface area contributed by atoms with E-state index in [0.717, 1.165) is 13.2 Å². The summed E-state index contributed by atoms with van der Waals surface area (Å²) in [7, 11) is 0. The maximum Gasteiger partial charge on any atom is 0.0661 e. The van der Waals surface area contributed by atoms with Gasteiger partial charge in [-0.15, -0.1) is 0 Å². The van der Waals surface area contributed by atoms with Gasteiger partial charge in [0.2, 0.25) is 0 Å². The van der Waals surface area contributed by atoms with Crippen molar-refractivity contribution in [2.24, 2.45) is 11.3 Å². The first kappa shape index (κ1) is 17.0. The number of rotatable bonds is 10. The molecule has 3 atom stereocenters. The van der Waals surface area contributed by atoms with Gasteiger partial charge in [0.05, 0.1) is 6.10 Å². The lowest BCUT2D eigenvalue weighted by molar-refractivity contribution is -0.146. The Bertz CT molecular complexity index is 237. The highest BCUT2D eigenvalue weighted by molar-refractivity contribution is 5.06. The standard InChI is InChI=1S/C17H35NO/c1-6-10-14(5)13-19-16-12-15(18-11-7-2)17(16,8-3)9-4/h14-16,18H,6-13H2,1-5H3. The maximum atomic E-state index is 6.26. The van der Waals surface area contributed by atoms with E-state index in [2.05, 4.69) is 39.9 Å². The van der Waals surface area contributed by atoms with Crippen molar-refractivity contribution in [1.29, 1.82) is 0 Å². The van der Waals surface area contributed by atoms with Crippen molar-refractivity contribution in [1.82, 2.24) is 5.32 Å². The number of ether oxygens (including phenoxy) is 1. The first-order valence-electron chi connectivity index (χ1n) is 8.49. The van der Waals surface area contributed by atoms with E-state index in [1.54, 1.807) is 0 Å². The molecule has 1 aliphatic carbocycles. The van der Waals surface area contributed by atoms with E-state index in [1.165, 1.54) is 38.5 Å². The molecule has 0 aromatic rings. The summed E-state index contributed by atoms with van der Waals surface area (Å²) in [4.78, 5) is 0. The van der Waals surface area contributed by atoms with Gasteiger partial charge in [-0.05, 0) is 44.6 Å². The van der Waals surface area contributed by atoms with Crippen LogP contribution in [0.3, 0.4) is 0 Å². The largest absolute Gasteiger partial charge is 0.377 e. The molecule has 0 bridgehead atoms. The molecule has 1 saturated carbocycles. The summed E-state index contributed by atoms with van der Waals surface area (Å²) in [5, 5.41) is 3.72. The predicted molar refractivity (Wildman–Crippen MR) is 83.5 cm³/mol. The minimum absolute atomic E-state index is 0.390. The van der Waals surface area contributed by atoms with Crippen LogP contribution in [0.5, 0.6) is 0 Å². The summed E-state index contributed by atoms with van der Waals surface area (Å²) in [6.07, 6.45) is 7.93. The first-order valence-corrected chi connectivity index (χ1v) is 8.49. The number of hydrogen-bond donors (Lipinski definition) is 1. The Labute approximate surface area is 120 Å². The van der Waals surface area contributed by atoms with Crippen LogP contribution in [0.25, 0.3) is 0 Å². The van der Waals surface area contributed by atoms with Crippen molar-refractivity contribution in [2.75, 3.05) is 13.2 Å². The summed E-state index contributed by atoms with van der Waals surface area (Å²) >= 11 is 0. The molecule has 0 radical (unpaired) electrons. The van der Waals surface area contributed by atoms with Gasteiger partial charge in [-0.3, -0.25) is 0 Å². The average Bonchev–Trinajstić information content (AvgIpc) is 2.39. The second-order valence-corrected chi connectivity index (χ2v) is 6.40. The van der Waals surface area contributed by atoms with Crippen LogP contribution in [0.1, 0.15) is 73.1 Å². The van der Waals surface area contributed by atoms with Gasteiger partial charge in [0.25, 0.3) is 0 Å². The summed E-state index contributed by atoms with van der Waals surface area (Å²) in [5.41, 5.74) is 0.390. The molecule has 1 fully saturated rings. The van der Waals surface area contributed by atoms with Crippen LogP contribution in [-0.2, 0) is 4.74 Å². The zero-order valence-corrected chi connectivity index (χ0v) is 13.8. The second kappa shape index (κ2) is 8.26. The fraction of sp³-hybridized carbons (Fsp3) is 1.00. The molecule has 0 aliphatic heterocycles. The van der Waals surface area contributed by atoms with Crippen LogP contribution < -0.4 is 5.32 Å². The summed E-state index contributed by atoms with van der Waals surface area (Å²) < 4.78 is 6.26. The smallest absolute Gasteiger partial charge is 0.0661 e. The molecule has 0 aromatic heterocycles. The highest BCUT2D eigenvalue weighted by Crippen LogP contribution is 2.49. The molecule has 0 spiro atoms. The van der Waals surface area contributed by atoms with E-state index in [0.29, 0.717) is 23.5 Å². The third-order valence-corrected chi connectivity index (χ3v) is 5.11. The SMILES string of the molecule is CCCNC1CC(OCC(C)CCC)C1(CC)CC. The molecule has 0 aromatic carbocycles. The zero-order valence-electron chi connectivity index (χ0n) is 13.8. The molecule has 0 saturated heterocycles. The average molecular weight is 269 g/mol. The van der Waals surface area contributed by atoms with E-state index in [9.17, 15) is 0 Å². The van der Waals surface area contributed by atoms with Gasteiger partial charge < -0.3 is 10.1 Å². The summed E-state index contributed by atoms with van der Waals surface area (Å²) in [6, 6.07) is 0.675. The van der Waals surface area contributed by atoms with Crippen molar-refractivity contribution in [3.05, 3.63) is 0 Å². The van der Waals surface area contributed by atoms with Gasteiger partial charge in [-0.25, -0.2) is 0 Å². The third-order valence-electron chi connectivity index (χ3n) is 5.11. The molecular weight excluding hydrogens is 234 g/mol. The Morgan fingerprint density at radius 3 is 2.37 bits per heavy atom. The van der Waals surface area contributed by atoms with Crippen molar-refractivity contribution >= 4 is 0 Å². The third kappa shape index (κ3) is 3.95. The molecule has 1 aliphatic rings. The predicted octanol–water partition coefficient (Wildman–Crippen LogP) is 4.39. The van der Waals surface area contributed by atoms with E-state index < -0.39 is 0 Å². The molecule has 3 unspecified atom stereocenters. The monoisotopic (exact) mass is 269 g/mol. The van der Waals surface area contributed by atoms with Crippen LogP contribution in [0, 0.1) is 11.3 Å².